The molecule has 0 atom stereocenters. The number of nitrogens with two attached hydrogens (primary N) is 1. The van der Waals surface area contributed by atoms with Crippen LogP contribution in [0.1, 0.15) is 23.6 Å². The van der Waals surface area contributed by atoms with E-state index < -0.39 is 0 Å². The van der Waals surface area contributed by atoms with Crippen LogP contribution >= 0.6 is 0 Å². The Morgan fingerprint density at radius 2 is 2.15 bits per heavy atom. The lowest BCUT2D eigenvalue weighted by Crippen LogP contribution is -2.04. The van der Waals surface area contributed by atoms with Gasteiger partial charge in [-0.05, 0) is 37.9 Å². The zero-order chi connectivity index (χ0) is 9.68. The number of hydrogen-bond donors (Lipinski definition) is 1. The van der Waals surface area contributed by atoms with Gasteiger partial charge >= 0.3 is 0 Å². The van der Waals surface area contributed by atoms with Crippen LogP contribution in [0.5, 0.6) is 0 Å². The Morgan fingerprint density at radius 1 is 1.38 bits per heavy atom. The first-order valence-corrected chi connectivity index (χ1v) is 4.70. The molecule has 1 heteroatoms. The van der Waals surface area contributed by atoms with Crippen LogP contribution < -0.4 is 5.73 Å². The monoisotopic (exact) mass is 175 g/mol. The van der Waals surface area contributed by atoms with Crippen molar-refractivity contribution in [3.8, 4) is 0 Å². The maximum atomic E-state index is 5.54. The summed E-state index contributed by atoms with van der Waals surface area (Å²) < 4.78 is 0. The number of rotatable bonds is 3. The van der Waals surface area contributed by atoms with Crippen molar-refractivity contribution < 1.29 is 0 Å². The predicted molar refractivity (Wildman–Crippen MR) is 58.6 cm³/mol. The average Bonchev–Trinajstić information content (AvgIpc) is 2.10. The van der Waals surface area contributed by atoms with Gasteiger partial charge in [-0.1, -0.05) is 35.9 Å². The van der Waals surface area contributed by atoms with Gasteiger partial charge in [0.1, 0.15) is 0 Å². The van der Waals surface area contributed by atoms with E-state index in [-0.39, 0.29) is 0 Å². The summed E-state index contributed by atoms with van der Waals surface area (Å²) in [6.45, 7) is 4.86. The third kappa shape index (κ3) is 2.71. The summed E-state index contributed by atoms with van der Waals surface area (Å²) in [5.41, 5.74) is 9.48. The Bertz CT molecular complexity index is 300. The molecule has 0 heterocycles. The molecule has 1 aromatic rings. The van der Waals surface area contributed by atoms with E-state index in [0.717, 1.165) is 6.42 Å². The van der Waals surface area contributed by atoms with Gasteiger partial charge in [-0.25, -0.2) is 0 Å². The fourth-order valence-corrected chi connectivity index (χ4v) is 1.43. The first-order valence-electron chi connectivity index (χ1n) is 4.70. The highest BCUT2D eigenvalue weighted by Crippen LogP contribution is 2.13. The largest absolute Gasteiger partial charge is 0.330 e. The van der Waals surface area contributed by atoms with E-state index >= 15 is 0 Å². The fraction of sp³-hybridized carbons (Fsp3) is 0.333. The lowest BCUT2D eigenvalue weighted by atomic mass is 10.0. The summed E-state index contributed by atoms with van der Waals surface area (Å²) in [4.78, 5) is 0. The standard InChI is InChI=1S/C12H17N/c1-3-4-12-9-10(2)5-6-11(12)7-8-13/h3-6,9H,7-8,13H2,1-2H3. The van der Waals surface area contributed by atoms with Crippen LogP contribution in [0.4, 0.5) is 0 Å². The Balaban J connectivity index is 3.03. The molecule has 0 bridgehead atoms. The zero-order valence-electron chi connectivity index (χ0n) is 8.38. The Kier molecular flexibility index (Phi) is 3.71. The molecule has 13 heavy (non-hydrogen) atoms. The quantitative estimate of drug-likeness (QED) is 0.750. The second-order valence-electron chi connectivity index (χ2n) is 3.24. The molecule has 0 aliphatic rings. The van der Waals surface area contributed by atoms with E-state index in [2.05, 4.69) is 37.3 Å². The van der Waals surface area contributed by atoms with E-state index in [9.17, 15) is 0 Å². The summed E-state index contributed by atoms with van der Waals surface area (Å²) in [6.07, 6.45) is 5.16. The summed E-state index contributed by atoms with van der Waals surface area (Å²) >= 11 is 0. The van der Waals surface area contributed by atoms with Crippen molar-refractivity contribution >= 4 is 6.08 Å². The Hall–Kier alpha value is -1.08. The first kappa shape index (κ1) is 10.0. The maximum absolute atomic E-state index is 5.54. The molecule has 0 fully saturated rings. The number of benzene rings is 1. The lowest BCUT2D eigenvalue weighted by Gasteiger charge is -2.05. The minimum absolute atomic E-state index is 0.716. The van der Waals surface area contributed by atoms with Crippen LogP contribution in [-0.2, 0) is 6.42 Å². The molecule has 1 nitrogen and oxygen atoms in total. The highest BCUT2D eigenvalue weighted by molar-refractivity contribution is 5.54. The first-order chi connectivity index (χ1) is 6.27. The molecule has 70 valence electrons. The molecule has 0 spiro atoms. The second-order valence-corrected chi connectivity index (χ2v) is 3.24. The average molecular weight is 175 g/mol. The number of aryl methyl sites for hydroxylation is 1. The molecule has 0 saturated carbocycles. The van der Waals surface area contributed by atoms with E-state index in [4.69, 9.17) is 5.73 Å². The SMILES string of the molecule is CC=Cc1cc(C)ccc1CCN. The van der Waals surface area contributed by atoms with Gasteiger partial charge in [0, 0.05) is 0 Å². The Morgan fingerprint density at radius 3 is 2.77 bits per heavy atom. The smallest absolute Gasteiger partial charge is 0.00365 e. The lowest BCUT2D eigenvalue weighted by molar-refractivity contribution is 0.965. The van der Waals surface area contributed by atoms with Crippen molar-refractivity contribution in [2.75, 3.05) is 6.54 Å². The molecule has 0 radical (unpaired) electrons. The van der Waals surface area contributed by atoms with Crippen molar-refractivity contribution in [1.29, 1.82) is 0 Å². The van der Waals surface area contributed by atoms with Crippen LogP contribution in [0, 0.1) is 6.92 Å². The third-order valence-corrected chi connectivity index (χ3v) is 2.06. The summed E-state index contributed by atoms with van der Waals surface area (Å²) in [5.74, 6) is 0. The van der Waals surface area contributed by atoms with E-state index in [1.165, 1.54) is 16.7 Å². The van der Waals surface area contributed by atoms with Gasteiger partial charge in [-0.15, -0.1) is 0 Å². The molecule has 0 unspecified atom stereocenters. The van der Waals surface area contributed by atoms with Crippen LogP contribution in [0.3, 0.4) is 0 Å². The van der Waals surface area contributed by atoms with Crippen molar-refractivity contribution in [3.05, 3.63) is 41.0 Å². The Labute approximate surface area is 80.3 Å². The van der Waals surface area contributed by atoms with Crippen LogP contribution in [0.15, 0.2) is 24.3 Å². The van der Waals surface area contributed by atoms with E-state index in [1.807, 2.05) is 6.92 Å². The van der Waals surface area contributed by atoms with Crippen molar-refractivity contribution in [2.24, 2.45) is 5.73 Å². The molecule has 0 aliphatic heterocycles. The molecule has 0 aliphatic carbocycles. The van der Waals surface area contributed by atoms with Crippen LogP contribution in [0.25, 0.3) is 6.08 Å². The molecular weight excluding hydrogens is 158 g/mol. The minimum atomic E-state index is 0.716. The minimum Gasteiger partial charge on any atom is -0.330 e. The maximum Gasteiger partial charge on any atom is -0.00365 e. The van der Waals surface area contributed by atoms with Crippen molar-refractivity contribution in [2.45, 2.75) is 20.3 Å². The third-order valence-electron chi connectivity index (χ3n) is 2.06. The highest BCUT2D eigenvalue weighted by atomic mass is 14.5. The molecular formula is C12H17N. The highest BCUT2D eigenvalue weighted by Gasteiger charge is 1.97. The normalized spacial score (nSPS) is 11.0. The molecule has 1 rings (SSSR count). The summed E-state index contributed by atoms with van der Waals surface area (Å²) in [5, 5.41) is 0. The fourth-order valence-electron chi connectivity index (χ4n) is 1.43. The zero-order valence-corrected chi connectivity index (χ0v) is 8.38. The van der Waals surface area contributed by atoms with Gasteiger partial charge in [0.25, 0.3) is 0 Å². The second kappa shape index (κ2) is 4.83. The van der Waals surface area contributed by atoms with Crippen LogP contribution in [0.2, 0.25) is 0 Å². The van der Waals surface area contributed by atoms with E-state index in [0.29, 0.717) is 6.54 Å². The molecule has 0 aromatic heterocycles. The molecule has 0 amide bonds. The van der Waals surface area contributed by atoms with Crippen molar-refractivity contribution in [3.63, 3.8) is 0 Å². The number of allylic oxidation sites excluding steroid dienone is 1. The van der Waals surface area contributed by atoms with Gasteiger partial charge in [-0.3, -0.25) is 0 Å². The van der Waals surface area contributed by atoms with Gasteiger partial charge in [-0.2, -0.15) is 0 Å². The van der Waals surface area contributed by atoms with Crippen molar-refractivity contribution in [1.82, 2.24) is 0 Å². The molecule has 0 saturated heterocycles. The van der Waals surface area contributed by atoms with Crippen LogP contribution in [-0.4, -0.2) is 6.54 Å². The topological polar surface area (TPSA) is 26.0 Å². The number of hydrogen-bond acceptors (Lipinski definition) is 1. The molecule has 1 aromatic carbocycles. The van der Waals surface area contributed by atoms with Gasteiger partial charge in [0.05, 0.1) is 0 Å². The van der Waals surface area contributed by atoms with Gasteiger partial charge in [0.2, 0.25) is 0 Å². The van der Waals surface area contributed by atoms with E-state index in [1.54, 1.807) is 0 Å². The summed E-state index contributed by atoms with van der Waals surface area (Å²) in [7, 11) is 0. The molecule has 2 N–H and O–H groups in total. The predicted octanol–water partition coefficient (Wildman–Crippen LogP) is 2.53. The van der Waals surface area contributed by atoms with Gasteiger partial charge < -0.3 is 5.73 Å². The summed E-state index contributed by atoms with van der Waals surface area (Å²) in [6, 6.07) is 6.50. The van der Waals surface area contributed by atoms with Gasteiger partial charge in [0.15, 0.2) is 0 Å².